The van der Waals surface area contributed by atoms with Crippen molar-refractivity contribution in [3.63, 3.8) is 0 Å². The standard InChI is InChI=1S/C12H13Cl2N3O4S/c13-6-2-1-5(3-7(6)14)22-12-11(20)9(16-17-15)10(19)8(4-18)21-12/h1-3,8-12,18-20H,4H2/t8-,9+,10+,11-,12-/m1/s1. The molecule has 120 valence electrons. The quantitative estimate of drug-likeness (QED) is 0.429. The van der Waals surface area contributed by atoms with Gasteiger partial charge in [-0.05, 0) is 23.7 Å². The van der Waals surface area contributed by atoms with Crippen LogP contribution in [0.25, 0.3) is 10.4 Å². The monoisotopic (exact) mass is 365 g/mol. The summed E-state index contributed by atoms with van der Waals surface area (Å²) in [6.07, 6.45) is -3.49. The maximum Gasteiger partial charge on any atom is 0.134 e. The molecule has 1 aromatic rings. The fourth-order valence-corrected chi connectivity index (χ4v) is 3.51. The lowest BCUT2D eigenvalue weighted by atomic mass is 9.98. The summed E-state index contributed by atoms with van der Waals surface area (Å²) in [5.41, 5.74) is 7.71. The van der Waals surface area contributed by atoms with Gasteiger partial charge >= 0.3 is 0 Å². The van der Waals surface area contributed by atoms with Crippen LogP contribution in [0.2, 0.25) is 10.0 Å². The predicted octanol–water partition coefficient (Wildman–Crippen LogP) is 2.20. The molecule has 0 amide bonds. The van der Waals surface area contributed by atoms with E-state index < -0.39 is 36.4 Å². The number of nitrogens with zero attached hydrogens (tertiary/aromatic N) is 3. The second-order valence-corrected chi connectivity index (χ2v) is 6.58. The SMILES string of the molecule is [N-]=[N+]=N[C@@H]1[C@@H](O)[C@@H](Sc2ccc(Cl)c(Cl)c2)O[C@H](CO)[C@@H]1O. The third-order valence-electron chi connectivity index (χ3n) is 3.18. The smallest absolute Gasteiger partial charge is 0.134 e. The molecule has 0 radical (unpaired) electrons. The number of thioether (sulfide) groups is 1. The van der Waals surface area contributed by atoms with Gasteiger partial charge in [-0.3, -0.25) is 0 Å². The molecule has 1 heterocycles. The van der Waals surface area contributed by atoms with E-state index in [0.717, 1.165) is 11.8 Å². The Labute approximate surface area is 140 Å². The van der Waals surface area contributed by atoms with Gasteiger partial charge in [0.1, 0.15) is 17.6 Å². The number of aliphatic hydroxyl groups excluding tert-OH is 3. The average Bonchev–Trinajstić information content (AvgIpc) is 2.50. The van der Waals surface area contributed by atoms with Gasteiger partial charge in [0.15, 0.2) is 0 Å². The number of benzene rings is 1. The molecule has 5 atom stereocenters. The minimum atomic E-state index is -1.29. The third kappa shape index (κ3) is 3.79. The Balaban J connectivity index is 2.21. The predicted molar refractivity (Wildman–Crippen MR) is 83.0 cm³/mol. The van der Waals surface area contributed by atoms with Gasteiger partial charge in [0.05, 0.1) is 28.8 Å². The molecule has 1 fully saturated rings. The molecule has 7 nitrogen and oxygen atoms in total. The van der Waals surface area contributed by atoms with Crippen LogP contribution in [0.5, 0.6) is 0 Å². The van der Waals surface area contributed by atoms with Crippen LogP contribution in [0.1, 0.15) is 0 Å². The molecule has 0 bridgehead atoms. The maximum absolute atomic E-state index is 10.2. The largest absolute Gasteiger partial charge is 0.394 e. The van der Waals surface area contributed by atoms with E-state index in [9.17, 15) is 15.3 Å². The highest BCUT2D eigenvalue weighted by Gasteiger charge is 2.44. The van der Waals surface area contributed by atoms with E-state index in [1.807, 2.05) is 0 Å². The second-order valence-electron chi connectivity index (χ2n) is 4.60. The Kier molecular flexibility index (Phi) is 6.19. The van der Waals surface area contributed by atoms with Crippen molar-refractivity contribution in [3.8, 4) is 0 Å². The topological polar surface area (TPSA) is 119 Å². The van der Waals surface area contributed by atoms with Crippen LogP contribution < -0.4 is 0 Å². The fourth-order valence-electron chi connectivity index (χ4n) is 2.05. The molecule has 1 saturated heterocycles. The van der Waals surface area contributed by atoms with Gasteiger partial charge in [-0.1, -0.05) is 40.1 Å². The highest BCUT2D eigenvalue weighted by molar-refractivity contribution is 7.99. The van der Waals surface area contributed by atoms with Crippen LogP contribution in [-0.2, 0) is 4.74 Å². The zero-order valence-electron chi connectivity index (χ0n) is 11.1. The van der Waals surface area contributed by atoms with E-state index in [1.165, 1.54) is 0 Å². The number of hydrogen-bond donors (Lipinski definition) is 3. The minimum absolute atomic E-state index is 0.349. The summed E-state index contributed by atoms with van der Waals surface area (Å²) >= 11 is 12.9. The molecule has 2 rings (SSSR count). The zero-order chi connectivity index (χ0) is 16.3. The molecule has 3 N–H and O–H groups in total. The van der Waals surface area contributed by atoms with Gasteiger partial charge in [-0.2, -0.15) is 0 Å². The maximum atomic E-state index is 10.2. The number of aliphatic hydroxyl groups is 3. The Morgan fingerprint density at radius 3 is 2.59 bits per heavy atom. The molecule has 0 saturated carbocycles. The van der Waals surface area contributed by atoms with Crippen LogP contribution in [0.3, 0.4) is 0 Å². The van der Waals surface area contributed by atoms with E-state index in [1.54, 1.807) is 18.2 Å². The number of ether oxygens (including phenoxy) is 1. The first-order chi connectivity index (χ1) is 10.5. The summed E-state index contributed by atoms with van der Waals surface area (Å²) in [5, 5.41) is 33.5. The van der Waals surface area contributed by atoms with Crippen molar-refractivity contribution in [1.29, 1.82) is 0 Å². The van der Waals surface area contributed by atoms with Crippen molar-refractivity contribution >= 4 is 35.0 Å². The molecular formula is C12H13Cl2N3O4S. The first kappa shape index (κ1) is 17.7. The lowest BCUT2D eigenvalue weighted by molar-refractivity contribution is -0.159. The van der Waals surface area contributed by atoms with Crippen LogP contribution in [0.15, 0.2) is 28.2 Å². The van der Waals surface area contributed by atoms with Crippen LogP contribution >= 0.6 is 35.0 Å². The summed E-state index contributed by atoms with van der Waals surface area (Å²) in [7, 11) is 0. The molecule has 0 spiro atoms. The molecule has 1 aromatic carbocycles. The number of azide groups is 1. The fraction of sp³-hybridized carbons (Fsp3) is 0.500. The normalized spacial score (nSPS) is 31.6. The van der Waals surface area contributed by atoms with Gasteiger partial charge in [0.2, 0.25) is 0 Å². The summed E-state index contributed by atoms with van der Waals surface area (Å²) in [6.45, 7) is -0.468. The molecule has 1 aliphatic heterocycles. The molecule has 10 heteroatoms. The van der Waals surface area contributed by atoms with Gasteiger partial charge in [0, 0.05) is 9.81 Å². The van der Waals surface area contributed by atoms with Crippen molar-refractivity contribution in [2.45, 2.75) is 34.7 Å². The Hall–Kier alpha value is -0.700. The third-order valence-corrected chi connectivity index (χ3v) is 5.06. The number of rotatable bonds is 4. The number of hydrogen-bond acceptors (Lipinski definition) is 6. The zero-order valence-corrected chi connectivity index (χ0v) is 13.4. The summed E-state index contributed by atoms with van der Waals surface area (Å²) < 4.78 is 5.46. The minimum Gasteiger partial charge on any atom is -0.394 e. The molecule has 22 heavy (non-hydrogen) atoms. The summed E-state index contributed by atoms with van der Waals surface area (Å²) in [5.74, 6) is 0. The van der Waals surface area contributed by atoms with Crippen molar-refractivity contribution in [2.75, 3.05) is 6.61 Å². The summed E-state index contributed by atoms with van der Waals surface area (Å²) in [4.78, 5) is 3.29. The van der Waals surface area contributed by atoms with Gasteiger partial charge in [-0.15, -0.1) is 0 Å². The van der Waals surface area contributed by atoms with E-state index in [0.29, 0.717) is 14.9 Å². The van der Waals surface area contributed by atoms with Crippen LogP contribution in [-0.4, -0.2) is 51.7 Å². The van der Waals surface area contributed by atoms with Crippen molar-refractivity contribution in [2.24, 2.45) is 5.11 Å². The Morgan fingerprint density at radius 1 is 1.27 bits per heavy atom. The summed E-state index contributed by atoms with van der Waals surface area (Å²) in [6, 6.07) is 3.78. The lowest BCUT2D eigenvalue weighted by Gasteiger charge is -2.40. The van der Waals surface area contributed by atoms with Gasteiger partial charge in [-0.25, -0.2) is 0 Å². The molecule has 1 aliphatic rings. The highest BCUT2D eigenvalue weighted by Crippen LogP contribution is 2.36. The van der Waals surface area contributed by atoms with E-state index in [2.05, 4.69) is 10.0 Å². The Morgan fingerprint density at radius 2 is 2.00 bits per heavy atom. The van der Waals surface area contributed by atoms with E-state index >= 15 is 0 Å². The molecule has 0 aliphatic carbocycles. The van der Waals surface area contributed by atoms with Gasteiger partial charge in [0.25, 0.3) is 0 Å². The van der Waals surface area contributed by atoms with E-state index in [4.69, 9.17) is 33.5 Å². The molecule has 0 aromatic heterocycles. The average molecular weight is 366 g/mol. The van der Waals surface area contributed by atoms with Crippen molar-refractivity contribution in [1.82, 2.24) is 0 Å². The Bertz CT molecular complexity index is 587. The van der Waals surface area contributed by atoms with Crippen molar-refractivity contribution in [3.05, 3.63) is 38.7 Å². The first-order valence-corrected chi connectivity index (χ1v) is 7.90. The lowest BCUT2D eigenvalue weighted by Crippen LogP contribution is -2.56. The van der Waals surface area contributed by atoms with E-state index in [-0.39, 0.29) is 0 Å². The van der Waals surface area contributed by atoms with Crippen molar-refractivity contribution < 1.29 is 20.1 Å². The second kappa shape index (κ2) is 7.72. The molecular weight excluding hydrogens is 353 g/mol. The molecule has 0 unspecified atom stereocenters. The first-order valence-electron chi connectivity index (χ1n) is 6.26. The van der Waals surface area contributed by atoms with Gasteiger partial charge < -0.3 is 20.1 Å². The number of halogens is 2. The van der Waals surface area contributed by atoms with Crippen LogP contribution in [0, 0.1) is 0 Å². The van der Waals surface area contributed by atoms with Crippen LogP contribution in [0.4, 0.5) is 0 Å². The highest BCUT2D eigenvalue weighted by atomic mass is 35.5.